The largest absolute Gasteiger partial charge is 0.377 e. The second-order valence-corrected chi connectivity index (χ2v) is 7.20. The van der Waals surface area contributed by atoms with Gasteiger partial charge < -0.3 is 5.32 Å². The first-order valence-electron chi connectivity index (χ1n) is 6.52. The van der Waals surface area contributed by atoms with Gasteiger partial charge in [-0.2, -0.15) is 11.8 Å². The van der Waals surface area contributed by atoms with Gasteiger partial charge in [0, 0.05) is 11.3 Å². The fourth-order valence-electron chi connectivity index (χ4n) is 2.48. The van der Waals surface area contributed by atoms with Gasteiger partial charge in [0.2, 0.25) is 0 Å². The molecule has 0 bridgehead atoms. The summed E-state index contributed by atoms with van der Waals surface area (Å²) in [6.45, 7) is 2.13. The van der Waals surface area contributed by atoms with Gasteiger partial charge >= 0.3 is 0 Å². The van der Waals surface area contributed by atoms with Gasteiger partial charge in [0.1, 0.15) is 11.5 Å². The topological polar surface area (TPSA) is 55.2 Å². The second-order valence-electron chi connectivity index (χ2n) is 4.77. The van der Waals surface area contributed by atoms with E-state index in [9.17, 15) is 14.5 Å². The Labute approximate surface area is 129 Å². The van der Waals surface area contributed by atoms with Crippen LogP contribution in [0.15, 0.2) is 16.6 Å². The zero-order chi connectivity index (χ0) is 14.7. The van der Waals surface area contributed by atoms with Crippen molar-refractivity contribution in [3.8, 4) is 0 Å². The average Bonchev–Trinajstić information content (AvgIpc) is 2.81. The van der Waals surface area contributed by atoms with Gasteiger partial charge in [-0.05, 0) is 47.0 Å². The number of nitro groups is 1. The van der Waals surface area contributed by atoms with Crippen molar-refractivity contribution in [3.63, 3.8) is 0 Å². The number of thioether (sulfide) groups is 1. The van der Waals surface area contributed by atoms with Crippen LogP contribution >= 0.6 is 27.7 Å². The Balaban J connectivity index is 2.13. The predicted molar refractivity (Wildman–Crippen MR) is 83.9 cm³/mol. The fraction of sp³-hybridized carbons (Fsp3) is 0.538. The summed E-state index contributed by atoms with van der Waals surface area (Å²) in [6, 6.07) is 2.63. The van der Waals surface area contributed by atoms with Crippen LogP contribution in [0.3, 0.4) is 0 Å². The minimum atomic E-state index is -0.618. The SMILES string of the molecule is CCSC1CCC(Nc2cc(Br)c(F)cc2[N+](=O)[O-])C1. The lowest BCUT2D eigenvalue weighted by Gasteiger charge is -2.15. The number of benzene rings is 1. The smallest absolute Gasteiger partial charge is 0.295 e. The molecule has 20 heavy (non-hydrogen) atoms. The Hall–Kier alpha value is -0.820. The Morgan fingerprint density at radius 3 is 2.95 bits per heavy atom. The van der Waals surface area contributed by atoms with Crippen molar-refractivity contribution in [1.29, 1.82) is 0 Å². The molecular weight excluding hydrogens is 347 g/mol. The summed E-state index contributed by atoms with van der Waals surface area (Å²) in [4.78, 5) is 10.5. The van der Waals surface area contributed by atoms with Crippen LogP contribution in [0.2, 0.25) is 0 Å². The molecule has 2 rings (SSSR count). The molecule has 0 radical (unpaired) electrons. The number of hydrogen-bond donors (Lipinski definition) is 1. The molecule has 0 aromatic heterocycles. The van der Waals surface area contributed by atoms with Crippen molar-refractivity contribution >= 4 is 39.1 Å². The number of rotatable bonds is 5. The van der Waals surface area contributed by atoms with Crippen molar-refractivity contribution < 1.29 is 9.31 Å². The molecule has 7 heteroatoms. The maximum Gasteiger partial charge on any atom is 0.295 e. The average molecular weight is 363 g/mol. The molecule has 4 nitrogen and oxygen atoms in total. The summed E-state index contributed by atoms with van der Waals surface area (Å²) in [5.74, 6) is 0.465. The Morgan fingerprint density at radius 1 is 1.55 bits per heavy atom. The zero-order valence-corrected chi connectivity index (χ0v) is 13.5. The van der Waals surface area contributed by atoms with Gasteiger partial charge in [0.15, 0.2) is 0 Å². The minimum absolute atomic E-state index is 0.211. The third-order valence-corrected chi connectivity index (χ3v) is 5.22. The number of halogens is 2. The highest BCUT2D eigenvalue weighted by Gasteiger charge is 2.27. The molecule has 1 N–H and O–H groups in total. The molecule has 1 aromatic carbocycles. The molecule has 0 aliphatic heterocycles. The molecule has 2 atom stereocenters. The first-order chi connectivity index (χ1) is 9.51. The van der Waals surface area contributed by atoms with E-state index in [2.05, 4.69) is 28.2 Å². The monoisotopic (exact) mass is 362 g/mol. The minimum Gasteiger partial charge on any atom is -0.377 e. The van der Waals surface area contributed by atoms with E-state index in [-0.39, 0.29) is 16.2 Å². The highest BCUT2D eigenvalue weighted by atomic mass is 79.9. The van der Waals surface area contributed by atoms with E-state index in [1.54, 1.807) is 0 Å². The van der Waals surface area contributed by atoms with Gasteiger partial charge in [-0.25, -0.2) is 4.39 Å². The molecule has 1 aliphatic rings. The van der Waals surface area contributed by atoms with E-state index in [1.807, 2.05) is 11.8 Å². The summed E-state index contributed by atoms with van der Waals surface area (Å²) in [6.07, 6.45) is 3.10. The van der Waals surface area contributed by atoms with Crippen molar-refractivity contribution in [2.24, 2.45) is 0 Å². The predicted octanol–water partition coefficient (Wildman–Crippen LogP) is 4.58. The number of anilines is 1. The third-order valence-electron chi connectivity index (χ3n) is 3.38. The standard InChI is InChI=1S/C13H16BrFN2O2S/c1-2-20-9-4-3-8(5-9)16-12-6-10(14)11(15)7-13(12)17(18)19/h6-9,16H,2-5H2,1H3. The molecule has 0 saturated heterocycles. The number of nitrogens with zero attached hydrogens (tertiary/aromatic N) is 1. The highest BCUT2D eigenvalue weighted by Crippen LogP contribution is 2.35. The van der Waals surface area contributed by atoms with Crippen LogP contribution in [-0.4, -0.2) is 22.0 Å². The van der Waals surface area contributed by atoms with Gasteiger partial charge in [0.05, 0.1) is 15.5 Å². The maximum absolute atomic E-state index is 13.4. The molecule has 0 spiro atoms. The molecule has 0 amide bonds. The quantitative estimate of drug-likeness (QED) is 0.615. The van der Waals surface area contributed by atoms with Crippen LogP contribution in [-0.2, 0) is 0 Å². The fourth-order valence-corrected chi connectivity index (χ4v) is 3.97. The molecule has 1 aromatic rings. The van der Waals surface area contributed by atoms with E-state index >= 15 is 0 Å². The van der Waals surface area contributed by atoms with Crippen LogP contribution in [0, 0.1) is 15.9 Å². The summed E-state index contributed by atoms with van der Waals surface area (Å²) in [5.41, 5.74) is 0.174. The maximum atomic E-state index is 13.4. The lowest BCUT2D eigenvalue weighted by atomic mass is 10.2. The zero-order valence-electron chi connectivity index (χ0n) is 11.1. The van der Waals surface area contributed by atoms with E-state index in [0.717, 1.165) is 31.1 Å². The first-order valence-corrected chi connectivity index (χ1v) is 8.37. The molecule has 0 heterocycles. The lowest BCUT2D eigenvalue weighted by molar-refractivity contribution is -0.384. The van der Waals surface area contributed by atoms with Crippen LogP contribution in [0.25, 0.3) is 0 Å². The number of nitro benzene ring substituents is 1. The van der Waals surface area contributed by atoms with E-state index in [4.69, 9.17) is 0 Å². The molecular formula is C13H16BrFN2O2S. The Morgan fingerprint density at radius 2 is 2.30 bits per heavy atom. The van der Waals surface area contributed by atoms with Gasteiger partial charge in [-0.3, -0.25) is 10.1 Å². The van der Waals surface area contributed by atoms with Crippen LogP contribution in [0.5, 0.6) is 0 Å². The van der Waals surface area contributed by atoms with Crippen molar-refractivity contribution in [3.05, 3.63) is 32.5 Å². The Kier molecular flexibility index (Phi) is 5.26. The number of hydrogen-bond acceptors (Lipinski definition) is 4. The summed E-state index contributed by atoms with van der Waals surface area (Å²) in [7, 11) is 0. The normalized spacial score (nSPS) is 21.9. The number of nitrogens with one attached hydrogen (secondary N) is 1. The van der Waals surface area contributed by atoms with Crippen LogP contribution < -0.4 is 5.32 Å². The van der Waals surface area contributed by atoms with Crippen LogP contribution in [0.4, 0.5) is 15.8 Å². The van der Waals surface area contributed by atoms with Crippen molar-refractivity contribution in [2.75, 3.05) is 11.1 Å². The molecule has 2 unspecified atom stereocenters. The van der Waals surface area contributed by atoms with Crippen molar-refractivity contribution in [1.82, 2.24) is 0 Å². The summed E-state index contributed by atoms with van der Waals surface area (Å²) < 4.78 is 13.7. The first kappa shape index (κ1) is 15.6. The van der Waals surface area contributed by atoms with Gasteiger partial charge in [-0.1, -0.05) is 6.92 Å². The Bertz CT molecular complexity index is 515. The molecule has 1 saturated carbocycles. The lowest BCUT2D eigenvalue weighted by Crippen LogP contribution is -2.17. The second kappa shape index (κ2) is 6.76. The summed E-state index contributed by atoms with van der Waals surface area (Å²) >= 11 is 5.00. The van der Waals surface area contributed by atoms with E-state index < -0.39 is 10.7 Å². The van der Waals surface area contributed by atoms with Crippen molar-refractivity contribution in [2.45, 2.75) is 37.5 Å². The highest BCUT2D eigenvalue weighted by molar-refractivity contribution is 9.10. The van der Waals surface area contributed by atoms with E-state index in [0.29, 0.717) is 10.9 Å². The summed E-state index contributed by atoms with van der Waals surface area (Å²) in [5, 5.41) is 14.8. The van der Waals surface area contributed by atoms with Gasteiger partial charge in [-0.15, -0.1) is 0 Å². The van der Waals surface area contributed by atoms with Crippen LogP contribution in [0.1, 0.15) is 26.2 Å². The third kappa shape index (κ3) is 3.63. The molecule has 110 valence electrons. The molecule has 1 fully saturated rings. The van der Waals surface area contributed by atoms with E-state index in [1.165, 1.54) is 6.07 Å². The van der Waals surface area contributed by atoms with Gasteiger partial charge in [0.25, 0.3) is 5.69 Å². The molecule has 1 aliphatic carbocycles.